The molecule has 0 aliphatic heterocycles. The molecule has 0 saturated carbocycles. The summed E-state index contributed by atoms with van der Waals surface area (Å²) < 4.78 is 31.1. The largest absolute Gasteiger partial charge is 0.450 e. The number of nitrogens with zero attached hydrogens (tertiary/aromatic N) is 1. The van der Waals surface area contributed by atoms with Crippen LogP contribution >= 0.6 is 11.6 Å². The van der Waals surface area contributed by atoms with Gasteiger partial charge in [0.25, 0.3) is 5.91 Å². The Morgan fingerprint density at radius 3 is 2.31 bits per heavy atom. The highest BCUT2D eigenvalue weighted by atomic mass is 35.5. The van der Waals surface area contributed by atoms with Gasteiger partial charge >= 0.3 is 6.09 Å². The van der Waals surface area contributed by atoms with Crippen LogP contribution in [-0.4, -0.2) is 57.5 Å². The van der Waals surface area contributed by atoms with Gasteiger partial charge in [0.05, 0.1) is 22.1 Å². The van der Waals surface area contributed by atoms with Gasteiger partial charge in [-0.3, -0.25) is 4.79 Å². The zero-order chi connectivity index (χ0) is 19.7. The third-order valence-corrected chi connectivity index (χ3v) is 5.86. The average Bonchev–Trinajstić information content (AvgIpc) is 2.59. The number of ether oxygens (including phenoxy) is 1. The van der Waals surface area contributed by atoms with Crippen molar-refractivity contribution in [1.82, 2.24) is 14.9 Å². The van der Waals surface area contributed by atoms with Crippen LogP contribution in [0.1, 0.15) is 31.1 Å². The molecule has 8 nitrogen and oxygen atoms in total. The maximum Gasteiger partial charge on any atom is 0.407 e. The van der Waals surface area contributed by atoms with E-state index in [0.717, 1.165) is 0 Å². The molecule has 0 heterocycles. The zero-order valence-corrected chi connectivity index (χ0v) is 16.6. The van der Waals surface area contributed by atoms with E-state index >= 15 is 0 Å². The van der Waals surface area contributed by atoms with Crippen molar-refractivity contribution in [3.8, 4) is 0 Å². The molecule has 0 fully saturated rings. The van der Waals surface area contributed by atoms with Gasteiger partial charge in [-0.2, -0.15) is 4.31 Å². The summed E-state index contributed by atoms with van der Waals surface area (Å²) in [5.41, 5.74) is 0.0519. The Labute approximate surface area is 158 Å². The average molecular weight is 406 g/mol. The van der Waals surface area contributed by atoms with Gasteiger partial charge in [-0.25, -0.2) is 13.2 Å². The third-order valence-electron chi connectivity index (χ3n) is 3.48. The van der Waals surface area contributed by atoms with E-state index < -0.39 is 22.0 Å². The Morgan fingerprint density at radius 2 is 1.73 bits per heavy atom. The van der Waals surface area contributed by atoms with Crippen LogP contribution in [0, 0.1) is 0 Å². The molecule has 146 valence electrons. The summed E-state index contributed by atoms with van der Waals surface area (Å²) in [4.78, 5) is 23.4. The van der Waals surface area contributed by atoms with Gasteiger partial charge in [-0.05, 0) is 25.1 Å². The first-order chi connectivity index (χ1) is 12.3. The fraction of sp³-hybridized carbons (Fsp3) is 0.500. The number of benzene rings is 1. The molecule has 26 heavy (non-hydrogen) atoms. The molecule has 0 atom stereocenters. The predicted octanol–water partition coefficient (Wildman–Crippen LogP) is 1.85. The second kappa shape index (κ2) is 10.3. The van der Waals surface area contributed by atoms with E-state index in [0.29, 0.717) is 13.1 Å². The minimum atomic E-state index is -3.70. The van der Waals surface area contributed by atoms with E-state index in [4.69, 9.17) is 16.3 Å². The lowest BCUT2D eigenvalue weighted by molar-refractivity contribution is 0.0952. The molecule has 0 aliphatic rings. The molecule has 0 aromatic heterocycles. The molecular formula is C16H24ClN3O5S. The highest BCUT2D eigenvalue weighted by Crippen LogP contribution is 2.23. The molecule has 0 bridgehead atoms. The summed E-state index contributed by atoms with van der Waals surface area (Å²) in [6.07, 6.45) is -0.577. The first-order valence-corrected chi connectivity index (χ1v) is 10.1. The molecule has 0 spiro atoms. The van der Waals surface area contributed by atoms with Crippen molar-refractivity contribution in [2.75, 3.05) is 32.8 Å². The van der Waals surface area contributed by atoms with Gasteiger partial charge in [0.1, 0.15) is 0 Å². The number of amides is 2. The van der Waals surface area contributed by atoms with Gasteiger partial charge in [0.15, 0.2) is 0 Å². The summed E-state index contributed by atoms with van der Waals surface area (Å²) in [5.74, 6) is -0.530. The van der Waals surface area contributed by atoms with E-state index in [1.165, 1.54) is 22.5 Å². The van der Waals surface area contributed by atoms with Crippen molar-refractivity contribution >= 4 is 33.6 Å². The van der Waals surface area contributed by atoms with Crippen LogP contribution < -0.4 is 10.6 Å². The van der Waals surface area contributed by atoms with Crippen molar-refractivity contribution in [3.63, 3.8) is 0 Å². The molecule has 10 heteroatoms. The first kappa shape index (κ1) is 22.2. The van der Waals surface area contributed by atoms with Crippen molar-refractivity contribution in [2.45, 2.75) is 25.7 Å². The molecule has 2 N–H and O–H groups in total. The fourth-order valence-corrected chi connectivity index (χ4v) is 3.86. The van der Waals surface area contributed by atoms with Crippen molar-refractivity contribution in [2.24, 2.45) is 0 Å². The minimum absolute atomic E-state index is 0.000369. The summed E-state index contributed by atoms with van der Waals surface area (Å²) in [7, 11) is -3.70. The smallest absolute Gasteiger partial charge is 0.407 e. The molecular weight excluding hydrogens is 382 g/mol. The Bertz CT molecular complexity index is 735. The van der Waals surface area contributed by atoms with Gasteiger partial charge in [0, 0.05) is 26.2 Å². The van der Waals surface area contributed by atoms with Gasteiger partial charge in [0.2, 0.25) is 10.0 Å². The number of halogens is 1. The predicted molar refractivity (Wildman–Crippen MR) is 98.9 cm³/mol. The molecule has 2 amide bonds. The second-order valence-corrected chi connectivity index (χ2v) is 7.48. The number of hydrogen-bond acceptors (Lipinski definition) is 5. The topological polar surface area (TPSA) is 105 Å². The first-order valence-electron chi connectivity index (χ1n) is 8.26. The summed E-state index contributed by atoms with van der Waals surface area (Å²) >= 11 is 6.03. The molecule has 1 aromatic carbocycles. The maximum atomic E-state index is 12.6. The highest BCUT2D eigenvalue weighted by molar-refractivity contribution is 7.89. The van der Waals surface area contributed by atoms with Crippen LogP contribution in [0.2, 0.25) is 5.02 Å². The maximum absolute atomic E-state index is 12.6. The van der Waals surface area contributed by atoms with Crippen LogP contribution in [0.5, 0.6) is 0 Å². The van der Waals surface area contributed by atoms with E-state index in [-0.39, 0.29) is 35.2 Å². The van der Waals surface area contributed by atoms with E-state index in [1.54, 1.807) is 20.8 Å². The molecule has 1 rings (SSSR count). The van der Waals surface area contributed by atoms with Crippen molar-refractivity contribution < 1.29 is 22.7 Å². The number of carbonyl (C=O) groups is 2. The Hall–Kier alpha value is -1.84. The molecule has 0 aliphatic carbocycles. The number of carbonyl (C=O) groups excluding carboxylic acids is 2. The summed E-state index contributed by atoms with van der Waals surface area (Å²) in [5, 5.41) is 5.17. The summed E-state index contributed by atoms with van der Waals surface area (Å²) in [6.45, 7) is 6.36. The van der Waals surface area contributed by atoms with Gasteiger partial charge in [-0.1, -0.05) is 25.4 Å². The van der Waals surface area contributed by atoms with E-state index in [1.807, 2.05) is 0 Å². The number of hydrogen-bond donors (Lipinski definition) is 2. The minimum Gasteiger partial charge on any atom is -0.450 e. The Balaban J connectivity index is 2.84. The lowest BCUT2D eigenvalue weighted by atomic mass is 10.2. The number of alkyl carbamates (subject to hydrolysis) is 1. The summed E-state index contributed by atoms with van der Waals surface area (Å²) in [6, 6.07) is 4.00. The molecule has 0 saturated heterocycles. The standard InChI is InChI=1S/C16H24ClN3O5S/c1-4-20(5-2)26(23,24)12-7-8-14(17)13(11-12)15(21)18-9-10-19-16(22)25-6-3/h7-8,11H,4-6,9-10H2,1-3H3,(H,18,21)(H,19,22). The molecule has 0 radical (unpaired) electrons. The number of nitrogens with one attached hydrogen (secondary N) is 2. The van der Waals surface area contributed by atoms with Crippen LogP contribution in [0.3, 0.4) is 0 Å². The van der Waals surface area contributed by atoms with Gasteiger partial charge < -0.3 is 15.4 Å². The third kappa shape index (κ3) is 5.86. The fourth-order valence-electron chi connectivity index (χ4n) is 2.17. The highest BCUT2D eigenvalue weighted by Gasteiger charge is 2.23. The number of rotatable bonds is 9. The Morgan fingerprint density at radius 1 is 1.12 bits per heavy atom. The van der Waals surface area contributed by atoms with Crippen molar-refractivity contribution in [3.05, 3.63) is 28.8 Å². The van der Waals surface area contributed by atoms with Gasteiger partial charge in [-0.15, -0.1) is 0 Å². The van der Waals surface area contributed by atoms with Crippen LogP contribution in [0.4, 0.5) is 4.79 Å². The van der Waals surface area contributed by atoms with Crippen LogP contribution in [0.25, 0.3) is 0 Å². The lowest BCUT2D eigenvalue weighted by Gasteiger charge is -2.19. The number of sulfonamides is 1. The molecule has 1 aromatic rings. The second-order valence-electron chi connectivity index (χ2n) is 5.13. The SMILES string of the molecule is CCOC(=O)NCCNC(=O)c1cc(S(=O)(=O)N(CC)CC)ccc1Cl. The van der Waals surface area contributed by atoms with Crippen LogP contribution in [0.15, 0.2) is 23.1 Å². The zero-order valence-electron chi connectivity index (χ0n) is 15.0. The van der Waals surface area contributed by atoms with E-state index in [2.05, 4.69) is 10.6 Å². The molecule has 0 unspecified atom stereocenters. The lowest BCUT2D eigenvalue weighted by Crippen LogP contribution is -2.35. The van der Waals surface area contributed by atoms with Crippen molar-refractivity contribution in [1.29, 1.82) is 0 Å². The monoisotopic (exact) mass is 405 g/mol. The normalized spacial score (nSPS) is 11.3. The van der Waals surface area contributed by atoms with E-state index in [9.17, 15) is 18.0 Å². The van der Waals surface area contributed by atoms with Crippen LogP contribution in [-0.2, 0) is 14.8 Å². The Kier molecular flexibility index (Phi) is 8.83. The quantitative estimate of drug-likeness (QED) is 0.610.